The van der Waals surface area contributed by atoms with Crippen LogP contribution < -0.4 is 9.64 Å². The lowest BCUT2D eigenvalue weighted by Gasteiger charge is -2.23. The van der Waals surface area contributed by atoms with E-state index >= 15 is 0 Å². The van der Waals surface area contributed by atoms with Crippen LogP contribution in [0.2, 0.25) is 5.02 Å². The summed E-state index contributed by atoms with van der Waals surface area (Å²) in [6, 6.07) is 13.6. The van der Waals surface area contributed by atoms with Crippen molar-refractivity contribution >= 4 is 49.9 Å². The molecule has 1 atom stereocenters. The third kappa shape index (κ3) is 6.57. The first-order chi connectivity index (χ1) is 16.0. The molecule has 1 fully saturated rings. The molecule has 5 nitrogen and oxygen atoms in total. The van der Waals surface area contributed by atoms with Crippen LogP contribution in [-0.4, -0.2) is 36.8 Å². The van der Waals surface area contributed by atoms with Crippen LogP contribution in [0.3, 0.4) is 0 Å². The number of hydrogen-bond donors (Lipinski definition) is 0. The molecule has 0 unspecified atom stereocenters. The molecule has 2 heterocycles. The molecular weight excluding hydrogens is 524 g/mol. The summed E-state index contributed by atoms with van der Waals surface area (Å²) in [6.45, 7) is 3.69. The number of carbonyl (C=O) groups excluding carboxylic acids is 1. The molecule has 0 saturated carbocycles. The quantitative estimate of drug-likeness (QED) is 0.272. The second kappa shape index (κ2) is 11.5. The summed E-state index contributed by atoms with van der Waals surface area (Å²) in [5.74, 6) is 0.803. The number of anilines is 1. The van der Waals surface area contributed by atoms with Crippen LogP contribution in [0.4, 0.5) is 5.13 Å². The number of amides is 1. The minimum atomic E-state index is 0.0399. The molecule has 0 spiro atoms. The van der Waals surface area contributed by atoms with Crippen LogP contribution in [0, 0.1) is 6.92 Å². The molecule has 174 valence electrons. The Bertz CT molecular complexity index is 1080. The smallest absolute Gasteiger partial charge is 0.228 e. The van der Waals surface area contributed by atoms with Crippen LogP contribution in [0.25, 0.3) is 11.3 Å². The molecule has 1 aliphatic rings. The number of benzene rings is 2. The molecule has 1 amide bonds. The fourth-order valence-electron chi connectivity index (χ4n) is 3.68. The highest BCUT2D eigenvalue weighted by Gasteiger charge is 2.25. The summed E-state index contributed by atoms with van der Waals surface area (Å²) in [4.78, 5) is 19.8. The minimum Gasteiger partial charge on any atom is -0.494 e. The van der Waals surface area contributed by atoms with Crippen molar-refractivity contribution < 1.29 is 14.3 Å². The summed E-state index contributed by atoms with van der Waals surface area (Å²) in [7, 11) is 0. The van der Waals surface area contributed by atoms with E-state index in [2.05, 4.69) is 15.9 Å². The molecule has 8 heteroatoms. The van der Waals surface area contributed by atoms with Crippen molar-refractivity contribution in [2.45, 2.75) is 38.7 Å². The number of nitrogens with zero attached hydrogens (tertiary/aromatic N) is 2. The van der Waals surface area contributed by atoms with Gasteiger partial charge in [0, 0.05) is 33.5 Å². The maximum atomic E-state index is 13.2. The van der Waals surface area contributed by atoms with Gasteiger partial charge < -0.3 is 9.47 Å². The number of rotatable bonds is 9. The lowest BCUT2D eigenvalue weighted by molar-refractivity contribution is -0.119. The number of halogens is 2. The van der Waals surface area contributed by atoms with E-state index in [1.807, 2.05) is 54.8 Å². The van der Waals surface area contributed by atoms with Crippen LogP contribution in [0.5, 0.6) is 5.75 Å². The SMILES string of the molecule is Cc1cc(OCCCC(=O)N(C[C@@H]2CCCO2)c2nc(-c3ccc(Br)cc3)cs2)ccc1Cl. The molecule has 2 aromatic carbocycles. The first kappa shape index (κ1) is 24.2. The van der Waals surface area contributed by atoms with Crippen molar-refractivity contribution in [3.63, 3.8) is 0 Å². The minimum absolute atomic E-state index is 0.0399. The Kier molecular flexibility index (Phi) is 8.41. The van der Waals surface area contributed by atoms with E-state index in [1.165, 1.54) is 11.3 Å². The van der Waals surface area contributed by atoms with Gasteiger partial charge in [-0.1, -0.05) is 39.7 Å². The molecular formula is C25H26BrClN2O3S. The van der Waals surface area contributed by atoms with Gasteiger partial charge in [0.25, 0.3) is 0 Å². The Morgan fingerprint density at radius 2 is 2.12 bits per heavy atom. The molecule has 1 aliphatic heterocycles. The Morgan fingerprint density at radius 3 is 2.85 bits per heavy atom. The molecule has 0 radical (unpaired) electrons. The number of carbonyl (C=O) groups is 1. The topological polar surface area (TPSA) is 51.7 Å². The summed E-state index contributed by atoms with van der Waals surface area (Å²) < 4.78 is 12.6. The zero-order valence-electron chi connectivity index (χ0n) is 18.4. The second-order valence-corrected chi connectivity index (χ2v) is 10.2. The number of thiazole rings is 1. The van der Waals surface area contributed by atoms with Gasteiger partial charge in [0.2, 0.25) is 5.91 Å². The predicted octanol–water partition coefficient (Wildman–Crippen LogP) is 6.91. The largest absolute Gasteiger partial charge is 0.494 e. The first-order valence-electron chi connectivity index (χ1n) is 11.0. The van der Waals surface area contributed by atoms with Crippen LogP contribution in [0.1, 0.15) is 31.2 Å². The maximum absolute atomic E-state index is 13.2. The van der Waals surface area contributed by atoms with E-state index in [-0.39, 0.29) is 12.0 Å². The predicted molar refractivity (Wildman–Crippen MR) is 137 cm³/mol. The summed E-state index contributed by atoms with van der Waals surface area (Å²) in [6.07, 6.45) is 3.05. The molecule has 33 heavy (non-hydrogen) atoms. The number of hydrogen-bond acceptors (Lipinski definition) is 5. The van der Waals surface area contributed by atoms with Crippen LogP contribution in [0.15, 0.2) is 52.3 Å². The summed E-state index contributed by atoms with van der Waals surface area (Å²) >= 11 is 11.0. The number of aromatic nitrogens is 1. The van der Waals surface area contributed by atoms with E-state index < -0.39 is 0 Å². The van der Waals surface area contributed by atoms with Crippen molar-refractivity contribution in [3.05, 3.63) is 62.9 Å². The lowest BCUT2D eigenvalue weighted by atomic mass is 10.2. The third-order valence-electron chi connectivity index (χ3n) is 5.51. The summed E-state index contributed by atoms with van der Waals surface area (Å²) in [5, 5.41) is 3.43. The van der Waals surface area contributed by atoms with Gasteiger partial charge in [0.1, 0.15) is 5.75 Å². The third-order valence-corrected chi connectivity index (χ3v) is 7.32. The second-order valence-electron chi connectivity index (χ2n) is 8.02. The highest BCUT2D eigenvalue weighted by Crippen LogP contribution is 2.30. The first-order valence-corrected chi connectivity index (χ1v) is 13.1. The zero-order valence-corrected chi connectivity index (χ0v) is 21.6. The van der Waals surface area contributed by atoms with Crippen molar-refractivity contribution in [1.82, 2.24) is 4.98 Å². The van der Waals surface area contributed by atoms with Gasteiger partial charge in [-0.3, -0.25) is 9.69 Å². The average molecular weight is 550 g/mol. The molecule has 3 aromatic rings. The Hall–Kier alpha value is -1.93. The highest BCUT2D eigenvalue weighted by atomic mass is 79.9. The maximum Gasteiger partial charge on any atom is 0.228 e. The van der Waals surface area contributed by atoms with E-state index in [1.54, 1.807) is 4.90 Å². The lowest BCUT2D eigenvalue weighted by Crippen LogP contribution is -2.37. The zero-order chi connectivity index (χ0) is 23.2. The van der Waals surface area contributed by atoms with Gasteiger partial charge in [-0.05, 0) is 62.1 Å². The Morgan fingerprint density at radius 1 is 1.30 bits per heavy atom. The molecule has 4 rings (SSSR count). The van der Waals surface area contributed by atoms with Crippen molar-refractivity contribution in [2.75, 3.05) is 24.7 Å². The number of ether oxygens (including phenoxy) is 2. The Labute approximate surface area is 211 Å². The van der Waals surface area contributed by atoms with E-state index in [0.717, 1.165) is 46.5 Å². The molecule has 1 saturated heterocycles. The van der Waals surface area contributed by atoms with Gasteiger partial charge in [0.15, 0.2) is 5.13 Å². The van der Waals surface area contributed by atoms with E-state index in [4.69, 9.17) is 26.1 Å². The Balaban J connectivity index is 1.40. The molecule has 0 N–H and O–H groups in total. The van der Waals surface area contributed by atoms with Crippen molar-refractivity contribution in [1.29, 1.82) is 0 Å². The van der Waals surface area contributed by atoms with Gasteiger partial charge in [-0.2, -0.15) is 0 Å². The van der Waals surface area contributed by atoms with Gasteiger partial charge >= 0.3 is 0 Å². The van der Waals surface area contributed by atoms with Gasteiger partial charge in [-0.25, -0.2) is 4.98 Å². The van der Waals surface area contributed by atoms with Crippen LogP contribution >= 0.6 is 38.9 Å². The highest BCUT2D eigenvalue weighted by molar-refractivity contribution is 9.10. The molecule has 0 aliphatic carbocycles. The monoisotopic (exact) mass is 548 g/mol. The van der Waals surface area contributed by atoms with E-state index in [9.17, 15) is 4.79 Å². The van der Waals surface area contributed by atoms with Crippen molar-refractivity contribution in [3.8, 4) is 17.0 Å². The van der Waals surface area contributed by atoms with Crippen molar-refractivity contribution in [2.24, 2.45) is 0 Å². The fourth-order valence-corrected chi connectivity index (χ4v) is 4.92. The average Bonchev–Trinajstić information content (AvgIpc) is 3.50. The number of aryl methyl sites for hydroxylation is 1. The van der Waals surface area contributed by atoms with E-state index in [0.29, 0.717) is 36.1 Å². The standard InChI is InChI=1S/C25H26BrClN2O3S/c1-17-14-20(10-11-22(17)27)31-13-3-5-24(30)29(15-21-4-2-12-32-21)25-28-23(16-33-25)18-6-8-19(26)9-7-18/h6-11,14,16,21H,2-5,12-13,15H2,1H3/t21-/m0/s1. The van der Waals surface area contributed by atoms with Crippen LogP contribution in [-0.2, 0) is 9.53 Å². The normalized spacial score (nSPS) is 15.5. The van der Waals surface area contributed by atoms with Gasteiger partial charge in [-0.15, -0.1) is 11.3 Å². The fraction of sp³-hybridized carbons (Fsp3) is 0.360. The van der Waals surface area contributed by atoms with Gasteiger partial charge in [0.05, 0.1) is 24.9 Å². The molecule has 1 aromatic heterocycles. The molecule has 0 bridgehead atoms. The summed E-state index contributed by atoms with van der Waals surface area (Å²) in [5.41, 5.74) is 2.87.